The van der Waals surface area contributed by atoms with Crippen LogP contribution in [-0.4, -0.2) is 4.57 Å². The van der Waals surface area contributed by atoms with E-state index in [1.165, 1.54) is 49.7 Å². The van der Waals surface area contributed by atoms with Crippen molar-refractivity contribution in [3.63, 3.8) is 0 Å². The van der Waals surface area contributed by atoms with Crippen LogP contribution in [0.25, 0.3) is 27.5 Å². The standard InChI is InChI=1S/C31H20ClN/c32-23-13-8-12-22(20-23)31(21-10-2-1-3-11-21)26-16-5-7-19-29(26)33-28-18-6-4-14-24(28)25-15-9-17-27(31)30(25)33/h1-20H/t31-/m1/s1. The molecule has 156 valence electrons. The summed E-state index contributed by atoms with van der Waals surface area (Å²) >= 11 is 6.60. The van der Waals surface area contributed by atoms with Gasteiger partial charge in [0.15, 0.2) is 0 Å². The molecule has 2 heterocycles. The van der Waals surface area contributed by atoms with Gasteiger partial charge in [0, 0.05) is 15.8 Å². The first-order valence-corrected chi connectivity index (χ1v) is 11.6. The first-order chi connectivity index (χ1) is 16.3. The van der Waals surface area contributed by atoms with Gasteiger partial charge in [0.05, 0.1) is 22.1 Å². The summed E-state index contributed by atoms with van der Waals surface area (Å²) in [5.41, 5.74) is 8.20. The van der Waals surface area contributed by atoms with Gasteiger partial charge in [0.25, 0.3) is 0 Å². The van der Waals surface area contributed by atoms with Crippen molar-refractivity contribution >= 4 is 33.4 Å². The number of aromatic nitrogens is 1. The first-order valence-electron chi connectivity index (χ1n) is 11.2. The lowest BCUT2D eigenvalue weighted by molar-refractivity contribution is 0.728. The third kappa shape index (κ3) is 2.38. The Balaban J connectivity index is 1.79. The van der Waals surface area contributed by atoms with Gasteiger partial charge in [-0.2, -0.15) is 0 Å². The second-order valence-electron chi connectivity index (χ2n) is 8.70. The van der Waals surface area contributed by atoms with E-state index in [4.69, 9.17) is 11.6 Å². The van der Waals surface area contributed by atoms with E-state index in [9.17, 15) is 0 Å². The van der Waals surface area contributed by atoms with Gasteiger partial charge < -0.3 is 4.57 Å². The quantitative estimate of drug-likeness (QED) is 0.255. The molecule has 6 aromatic rings. The van der Waals surface area contributed by atoms with E-state index in [1.807, 2.05) is 6.07 Å². The van der Waals surface area contributed by atoms with E-state index in [0.717, 1.165) is 5.02 Å². The summed E-state index contributed by atoms with van der Waals surface area (Å²) in [7, 11) is 0. The van der Waals surface area contributed by atoms with Crippen molar-refractivity contribution in [1.29, 1.82) is 0 Å². The molecule has 0 unspecified atom stereocenters. The molecule has 0 amide bonds. The number of benzene rings is 5. The number of fused-ring (bicyclic) bond motifs is 5. The van der Waals surface area contributed by atoms with Gasteiger partial charge in [-0.1, -0.05) is 109 Å². The van der Waals surface area contributed by atoms with Gasteiger partial charge in [-0.25, -0.2) is 0 Å². The van der Waals surface area contributed by atoms with Crippen LogP contribution < -0.4 is 0 Å². The minimum Gasteiger partial charge on any atom is -0.309 e. The van der Waals surface area contributed by atoms with Crippen molar-refractivity contribution in [2.45, 2.75) is 5.41 Å². The van der Waals surface area contributed by atoms with Gasteiger partial charge in [0.2, 0.25) is 0 Å². The highest BCUT2D eigenvalue weighted by molar-refractivity contribution is 6.30. The predicted molar refractivity (Wildman–Crippen MR) is 138 cm³/mol. The highest BCUT2D eigenvalue weighted by atomic mass is 35.5. The van der Waals surface area contributed by atoms with E-state index in [0.29, 0.717) is 0 Å². The molecule has 1 aromatic heterocycles. The van der Waals surface area contributed by atoms with Crippen LogP contribution in [0, 0.1) is 0 Å². The minimum atomic E-state index is -0.480. The van der Waals surface area contributed by atoms with Crippen molar-refractivity contribution in [3.05, 3.63) is 149 Å². The Morgan fingerprint density at radius 1 is 0.545 bits per heavy atom. The van der Waals surface area contributed by atoms with Crippen LogP contribution in [0.4, 0.5) is 0 Å². The van der Waals surface area contributed by atoms with Crippen LogP contribution in [0.15, 0.2) is 121 Å². The van der Waals surface area contributed by atoms with Gasteiger partial charge >= 0.3 is 0 Å². The summed E-state index contributed by atoms with van der Waals surface area (Å²) < 4.78 is 2.45. The summed E-state index contributed by atoms with van der Waals surface area (Å²) in [5, 5.41) is 3.30. The predicted octanol–water partition coefficient (Wildman–Crippen LogP) is 8.13. The first kappa shape index (κ1) is 18.7. The Hall–Kier alpha value is -3.81. The van der Waals surface area contributed by atoms with Crippen LogP contribution in [0.1, 0.15) is 22.3 Å². The number of hydrogen-bond acceptors (Lipinski definition) is 0. The second-order valence-corrected chi connectivity index (χ2v) is 9.13. The maximum atomic E-state index is 6.60. The zero-order chi connectivity index (χ0) is 22.0. The summed E-state index contributed by atoms with van der Waals surface area (Å²) in [4.78, 5) is 0. The Bertz CT molecular complexity index is 1680. The maximum Gasteiger partial charge on any atom is 0.0743 e. The summed E-state index contributed by atoms with van der Waals surface area (Å²) in [5.74, 6) is 0. The Morgan fingerprint density at radius 2 is 1.21 bits per heavy atom. The molecule has 0 radical (unpaired) electrons. The van der Waals surface area contributed by atoms with Gasteiger partial charge in [0.1, 0.15) is 0 Å². The number of hydrogen-bond donors (Lipinski definition) is 0. The monoisotopic (exact) mass is 441 g/mol. The smallest absolute Gasteiger partial charge is 0.0743 e. The molecule has 7 rings (SSSR count). The summed E-state index contributed by atoms with van der Waals surface area (Å²) in [6.07, 6.45) is 0. The van der Waals surface area contributed by atoms with E-state index < -0.39 is 5.41 Å². The lowest BCUT2D eigenvalue weighted by Crippen LogP contribution is -2.35. The molecule has 0 saturated heterocycles. The molecule has 1 nitrogen and oxygen atoms in total. The normalized spacial score (nSPS) is 16.8. The van der Waals surface area contributed by atoms with Crippen molar-refractivity contribution in [2.24, 2.45) is 0 Å². The van der Waals surface area contributed by atoms with E-state index in [1.54, 1.807) is 0 Å². The van der Waals surface area contributed by atoms with E-state index >= 15 is 0 Å². The molecule has 2 heteroatoms. The highest BCUT2D eigenvalue weighted by Gasteiger charge is 2.45. The molecule has 1 aliphatic rings. The molecular formula is C31H20ClN. The molecule has 0 spiro atoms. The van der Waals surface area contributed by atoms with Crippen LogP contribution in [-0.2, 0) is 5.41 Å². The summed E-state index contributed by atoms with van der Waals surface area (Å²) in [6, 6.07) is 43.5. The third-order valence-corrected chi connectivity index (χ3v) is 7.35. The van der Waals surface area contributed by atoms with Crippen LogP contribution in [0.2, 0.25) is 5.02 Å². The van der Waals surface area contributed by atoms with Crippen molar-refractivity contribution in [2.75, 3.05) is 0 Å². The van der Waals surface area contributed by atoms with Crippen molar-refractivity contribution in [1.82, 2.24) is 4.57 Å². The third-order valence-electron chi connectivity index (χ3n) is 7.11. The Morgan fingerprint density at radius 3 is 2.09 bits per heavy atom. The van der Waals surface area contributed by atoms with Crippen LogP contribution >= 0.6 is 11.6 Å². The zero-order valence-corrected chi connectivity index (χ0v) is 18.6. The average molecular weight is 442 g/mol. The SMILES string of the molecule is Clc1cccc([C@]2(c3ccccc3)c3ccccc3-n3c4ccccc4c4cccc2c43)c1. The molecule has 0 aliphatic carbocycles. The van der Waals surface area contributed by atoms with Crippen LogP contribution in [0.5, 0.6) is 0 Å². The molecule has 0 bridgehead atoms. The molecule has 0 saturated carbocycles. The van der Waals surface area contributed by atoms with Gasteiger partial charge in [-0.15, -0.1) is 0 Å². The fraction of sp³-hybridized carbons (Fsp3) is 0.0323. The number of para-hydroxylation sites is 3. The largest absolute Gasteiger partial charge is 0.309 e. The molecule has 1 aliphatic heterocycles. The van der Waals surface area contributed by atoms with Gasteiger partial charge in [-0.05, 0) is 46.5 Å². The fourth-order valence-corrected chi connectivity index (χ4v) is 6.09. The Kier molecular flexibility index (Phi) is 3.88. The minimum absolute atomic E-state index is 0.480. The number of rotatable bonds is 2. The second kappa shape index (κ2) is 6.84. The van der Waals surface area contributed by atoms with Gasteiger partial charge in [-0.3, -0.25) is 0 Å². The highest BCUT2D eigenvalue weighted by Crippen LogP contribution is 2.54. The molecule has 1 atom stereocenters. The average Bonchev–Trinajstić information content (AvgIpc) is 3.21. The van der Waals surface area contributed by atoms with Crippen LogP contribution in [0.3, 0.4) is 0 Å². The Labute approximate surface area is 197 Å². The number of nitrogens with zero attached hydrogens (tertiary/aromatic N) is 1. The molecule has 33 heavy (non-hydrogen) atoms. The fourth-order valence-electron chi connectivity index (χ4n) is 5.90. The van der Waals surface area contributed by atoms with E-state index in [-0.39, 0.29) is 0 Å². The zero-order valence-electron chi connectivity index (χ0n) is 17.9. The molecule has 5 aromatic carbocycles. The van der Waals surface area contributed by atoms with Crippen molar-refractivity contribution in [3.8, 4) is 5.69 Å². The lowest BCUT2D eigenvalue weighted by atomic mass is 9.63. The lowest BCUT2D eigenvalue weighted by Gasteiger charge is -2.41. The summed E-state index contributed by atoms with van der Waals surface area (Å²) in [6.45, 7) is 0. The molecule has 0 fully saturated rings. The maximum absolute atomic E-state index is 6.60. The topological polar surface area (TPSA) is 4.93 Å². The molecular weight excluding hydrogens is 422 g/mol. The van der Waals surface area contributed by atoms with E-state index in [2.05, 4.69) is 120 Å². The molecule has 0 N–H and O–H groups in total. The number of halogens is 1. The van der Waals surface area contributed by atoms with Crippen molar-refractivity contribution < 1.29 is 0 Å².